The van der Waals surface area contributed by atoms with E-state index in [1.807, 2.05) is 0 Å². The van der Waals surface area contributed by atoms with Crippen molar-refractivity contribution >= 4 is 21.6 Å². The first-order valence-corrected chi connectivity index (χ1v) is 11.3. The summed E-state index contributed by atoms with van der Waals surface area (Å²) in [6, 6.07) is 14.3. The molecule has 8 heteroatoms. The van der Waals surface area contributed by atoms with E-state index in [4.69, 9.17) is 5.73 Å². The van der Waals surface area contributed by atoms with Crippen molar-refractivity contribution in [3.8, 4) is 0 Å². The van der Waals surface area contributed by atoms with Crippen LogP contribution in [0.4, 0.5) is 5.69 Å². The molecule has 0 aliphatic carbocycles. The minimum Gasteiger partial charge on any atom is -0.369 e. The van der Waals surface area contributed by atoms with Crippen LogP contribution >= 0.6 is 0 Å². The topological polar surface area (TPSA) is 95.7 Å². The summed E-state index contributed by atoms with van der Waals surface area (Å²) in [5.41, 5.74) is 7.92. The zero-order valence-electron chi connectivity index (χ0n) is 16.7. The first-order valence-electron chi connectivity index (χ1n) is 9.79. The molecule has 0 atom stereocenters. The molecule has 0 spiro atoms. The molecule has 0 saturated carbocycles. The summed E-state index contributed by atoms with van der Waals surface area (Å²) in [6.07, 6.45) is 0.721. The summed E-state index contributed by atoms with van der Waals surface area (Å²) < 4.78 is 27.4. The van der Waals surface area contributed by atoms with Gasteiger partial charge in [0.1, 0.15) is 0 Å². The quantitative estimate of drug-likeness (QED) is 0.637. The van der Waals surface area contributed by atoms with E-state index in [1.165, 1.54) is 35.5 Å². The summed E-state index contributed by atoms with van der Waals surface area (Å²) in [6.45, 7) is 7.14. The van der Waals surface area contributed by atoms with Crippen LogP contribution in [0.5, 0.6) is 0 Å². The summed E-state index contributed by atoms with van der Waals surface area (Å²) in [5, 5.41) is 0. The Balaban J connectivity index is 1.43. The van der Waals surface area contributed by atoms with E-state index in [1.54, 1.807) is 0 Å². The molecule has 1 aliphatic rings. The molecule has 156 valence electrons. The monoisotopic (exact) mass is 416 g/mol. The maximum absolute atomic E-state index is 12.4. The Morgan fingerprint density at radius 3 is 2.48 bits per heavy atom. The molecule has 0 unspecified atom stereocenters. The maximum atomic E-state index is 12.4. The molecule has 0 bridgehead atoms. The van der Waals surface area contributed by atoms with Crippen LogP contribution in [0, 0.1) is 6.92 Å². The van der Waals surface area contributed by atoms with Gasteiger partial charge in [-0.1, -0.05) is 18.2 Å². The van der Waals surface area contributed by atoms with E-state index in [0.717, 1.165) is 39.1 Å². The van der Waals surface area contributed by atoms with Crippen molar-refractivity contribution < 1.29 is 13.2 Å². The molecule has 1 aliphatic heterocycles. The summed E-state index contributed by atoms with van der Waals surface area (Å²) in [7, 11) is -3.65. The third-order valence-electron chi connectivity index (χ3n) is 5.11. The second kappa shape index (κ2) is 9.39. The van der Waals surface area contributed by atoms with Gasteiger partial charge >= 0.3 is 0 Å². The van der Waals surface area contributed by atoms with E-state index in [0.29, 0.717) is 6.54 Å². The molecule has 0 aromatic heterocycles. The van der Waals surface area contributed by atoms with Crippen LogP contribution in [0.2, 0.25) is 0 Å². The number of nitrogens with two attached hydrogens (primary N) is 1. The van der Waals surface area contributed by atoms with Crippen molar-refractivity contribution in [3.05, 3.63) is 59.7 Å². The van der Waals surface area contributed by atoms with E-state index in [2.05, 4.69) is 45.7 Å². The zero-order valence-corrected chi connectivity index (χ0v) is 17.5. The fraction of sp³-hybridized carbons (Fsp3) is 0.381. The van der Waals surface area contributed by atoms with Gasteiger partial charge in [0.25, 0.3) is 0 Å². The van der Waals surface area contributed by atoms with Crippen LogP contribution in [-0.2, 0) is 10.0 Å². The molecular formula is C21H28N4O3S. The van der Waals surface area contributed by atoms with E-state index in [9.17, 15) is 13.2 Å². The Morgan fingerprint density at radius 2 is 1.79 bits per heavy atom. The molecule has 1 saturated heterocycles. The molecule has 1 amide bonds. The molecule has 7 nitrogen and oxygen atoms in total. The van der Waals surface area contributed by atoms with Gasteiger partial charge < -0.3 is 10.6 Å². The lowest BCUT2D eigenvalue weighted by molar-refractivity contribution is 0.1000. The van der Waals surface area contributed by atoms with Crippen LogP contribution in [0.3, 0.4) is 0 Å². The van der Waals surface area contributed by atoms with Gasteiger partial charge in [-0.3, -0.25) is 9.69 Å². The molecule has 0 radical (unpaired) electrons. The van der Waals surface area contributed by atoms with Gasteiger partial charge in [0.2, 0.25) is 15.9 Å². The van der Waals surface area contributed by atoms with Gasteiger partial charge in [-0.15, -0.1) is 0 Å². The van der Waals surface area contributed by atoms with Gasteiger partial charge in [0, 0.05) is 44.0 Å². The minimum absolute atomic E-state index is 0.0561. The predicted octanol–water partition coefficient (Wildman–Crippen LogP) is 1.58. The lowest BCUT2D eigenvalue weighted by Crippen LogP contribution is -2.47. The number of primary amides is 1. The molecule has 2 aromatic carbocycles. The largest absolute Gasteiger partial charge is 0.369 e. The van der Waals surface area contributed by atoms with Crippen molar-refractivity contribution in [3.63, 3.8) is 0 Å². The van der Waals surface area contributed by atoms with E-state index < -0.39 is 15.9 Å². The number of rotatable bonds is 8. The summed E-state index contributed by atoms with van der Waals surface area (Å²) >= 11 is 0. The highest BCUT2D eigenvalue weighted by molar-refractivity contribution is 7.89. The van der Waals surface area contributed by atoms with Crippen LogP contribution in [0.15, 0.2) is 53.4 Å². The Labute approximate surface area is 172 Å². The average Bonchev–Trinajstić information content (AvgIpc) is 2.72. The highest BCUT2D eigenvalue weighted by Crippen LogP contribution is 2.18. The van der Waals surface area contributed by atoms with E-state index >= 15 is 0 Å². The van der Waals surface area contributed by atoms with Gasteiger partial charge in [-0.25, -0.2) is 13.1 Å². The molecule has 1 heterocycles. The highest BCUT2D eigenvalue weighted by atomic mass is 32.2. The predicted molar refractivity (Wildman–Crippen MR) is 115 cm³/mol. The molecule has 3 rings (SSSR count). The Hall–Kier alpha value is -2.42. The second-order valence-corrected chi connectivity index (χ2v) is 9.08. The van der Waals surface area contributed by atoms with Gasteiger partial charge in [0.05, 0.1) is 4.90 Å². The van der Waals surface area contributed by atoms with Gasteiger partial charge in [0.15, 0.2) is 0 Å². The number of aryl methyl sites for hydroxylation is 1. The van der Waals surface area contributed by atoms with Crippen molar-refractivity contribution in [2.45, 2.75) is 18.2 Å². The Morgan fingerprint density at radius 1 is 1.07 bits per heavy atom. The number of nitrogens with zero attached hydrogens (tertiary/aromatic N) is 2. The number of sulfonamides is 1. The standard InChI is InChI=1S/C21H28N4O3S/c1-17-5-2-7-19(15-17)25-13-11-24(12-14-25)10-4-9-23-29(27,28)20-8-3-6-18(16-20)21(22)26/h2-3,5-8,15-16,23H,4,9-14H2,1H3,(H2,22,26). The number of carbonyl (C=O) groups excluding carboxylic acids is 1. The fourth-order valence-corrected chi connectivity index (χ4v) is 4.58. The second-order valence-electron chi connectivity index (χ2n) is 7.31. The molecule has 3 N–H and O–H groups in total. The van der Waals surface area contributed by atoms with E-state index in [-0.39, 0.29) is 10.5 Å². The fourth-order valence-electron chi connectivity index (χ4n) is 3.46. The lowest BCUT2D eigenvalue weighted by atomic mass is 10.2. The summed E-state index contributed by atoms with van der Waals surface area (Å²) in [4.78, 5) is 16.0. The van der Waals surface area contributed by atoms with Gasteiger partial charge in [-0.2, -0.15) is 0 Å². The van der Waals surface area contributed by atoms with Gasteiger partial charge in [-0.05, 0) is 55.8 Å². The normalized spacial score (nSPS) is 15.4. The third-order valence-corrected chi connectivity index (χ3v) is 6.57. The average molecular weight is 417 g/mol. The number of piperazine rings is 1. The van der Waals surface area contributed by atoms with Crippen LogP contribution in [0.25, 0.3) is 0 Å². The number of anilines is 1. The molecular weight excluding hydrogens is 388 g/mol. The third kappa shape index (κ3) is 5.79. The van der Waals surface area contributed by atoms with Crippen LogP contribution < -0.4 is 15.4 Å². The van der Waals surface area contributed by atoms with Crippen molar-refractivity contribution in [2.75, 3.05) is 44.2 Å². The molecule has 1 fully saturated rings. The summed E-state index contributed by atoms with van der Waals surface area (Å²) in [5.74, 6) is -0.646. The van der Waals surface area contributed by atoms with Crippen molar-refractivity contribution in [1.82, 2.24) is 9.62 Å². The Kier molecular flexibility index (Phi) is 6.89. The maximum Gasteiger partial charge on any atom is 0.248 e. The number of hydrogen-bond acceptors (Lipinski definition) is 5. The van der Waals surface area contributed by atoms with Crippen molar-refractivity contribution in [1.29, 1.82) is 0 Å². The minimum atomic E-state index is -3.65. The SMILES string of the molecule is Cc1cccc(N2CCN(CCCNS(=O)(=O)c3cccc(C(N)=O)c3)CC2)c1. The number of nitrogens with one attached hydrogen (secondary N) is 1. The number of amides is 1. The number of carbonyl (C=O) groups is 1. The van der Waals surface area contributed by atoms with Crippen LogP contribution in [0.1, 0.15) is 22.3 Å². The number of hydrogen-bond donors (Lipinski definition) is 2. The highest BCUT2D eigenvalue weighted by Gasteiger charge is 2.18. The van der Waals surface area contributed by atoms with Crippen molar-refractivity contribution in [2.24, 2.45) is 5.73 Å². The Bertz CT molecular complexity index is 954. The molecule has 2 aromatic rings. The zero-order chi connectivity index (χ0) is 20.9. The lowest BCUT2D eigenvalue weighted by Gasteiger charge is -2.36. The smallest absolute Gasteiger partial charge is 0.248 e. The number of benzene rings is 2. The molecule has 29 heavy (non-hydrogen) atoms. The van der Waals surface area contributed by atoms with Crippen LogP contribution in [-0.4, -0.2) is 58.5 Å². The first kappa shape index (κ1) is 21.3. The first-order chi connectivity index (χ1) is 13.8.